The van der Waals surface area contributed by atoms with Gasteiger partial charge in [0.25, 0.3) is 0 Å². The molecular weight excluding hydrogens is 337 g/mol. The van der Waals surface area contributed by atoms with Crippen molar-refractivity contribution in [3.8, 4) is 0 Å². The molecule has 138 valence electrons. The van der Waals surface area contributed by atoms with Crippen molar-refractivity contribution in [1.82, 2.24) is 15.1 Å². The standard InChI is InChI=1S/C16H31N3O2.2ClH/c1-14(2)12-18-8-10-19(11-9-18)15(20)16(13-21-3)4-6-17-7-5-16;;/h14,17H,4-13H2,1-3H3;2*1H. The number of carbonyl (C=O) groups is 1. The quantitative estimate of drug-likeness (QED) is 0.799. The molecule has 0 saturated carbocycles. The molecule has 2 aliphatic heterocycles. The third kappa shape index (κ3) is 6.05. The summed E-state index contributed by atoms with van der Waals surface area (Å²) < 4.78 is 5.38. The van der Waals surface area contributed by atoms with Gasteiger partial charge in [-0.25, -0.2) is 0 Å². The molecule has 5 nitrogen and oxygen atoms in total. The highest BCUT2D eigenvalue weighted by Crippen LogP contribution is 2.32. The molecule has 7 heteroatoms. The predicted molar refractivity (Wildman–Crippen MR) is 98.8 cm³/mol. The van der Waals surface area contributed by atoms with Crippen LogP contribution in [0.3, 0.4) is 0 Å². The van der Waals surface area contributed by atoms with Gasteiger partial charge in [-0.15, -0.1) is 24.8 Å². The normalized spacial score (nSPS) is 21.5. The zero-order valence-corrected chi connectivity index (χ0v) is 16.3. The number of ether oxygens (including phenoxy) is 1. The van der Waals surface area contributed by atoms with Gasteiger partial charge in [0.15, 0.2) is 0 Å². The summed E-state index contributed by atoms with van der Waals surface area (Å²) in [4.78, 5) is 17.5. The van der Waals surface area contributed by atoms with Gasteiger partial charge >= 0.3 is 0 Å². The first-order chi connectivity index (χ1) is 10.1. The highest BCUT2D eigenvalue weighted by Gasteiger charge is 2.42. The topological polar surface area (TPSA) is 44.8 Å². The second kappa shape index (κ2) is 10.7. The lowest BCUT2D eigenvalue weighted by atomic mass is 9.78. The molecule has 2 saturated heterocycles. The number of rotatable bonds is 5. The zero-order chi connectivity index (χ0) is 15.3. The summed E-state index contributed by atoms with van der Waals surface area (Å²) in [5.41, 5.74) is -0.291. The number of nitrogens with one attached hydrogen (secondary N) is 1. The van der Waals surface area contributed by atoms with Crippen LogP contribution in [0.5, 0.6) is 0 Å². The number of carbonyl (C=O) groups excluding carboxylic acids is 1. The Labute approximate surface area is 153 Å². The molecule has 2 aliphatic rings. The summed E-state index contributed by atoms with van der Waals surface area (Å²) in [5.74, 6) is 1.01. The number of piperidine rings is 1. The predicted octanol–water partition coefficient (Wildman–Crippen LogP) is 1.65. The first-order valence-electron chi connectivity index (χ1n) is 8.29. The number of nitrogens with zero attached hydrogens (tertiary/aromatic N) is 2. The largest absolute Gasteiger partial charge is 0.384 e. The number of hydrogen-bond donors (Lipinski definition) is 1. The van der Waals surface area contributed by atoms with E-state index < -0.39 is 0 Å². The molecule has 0 radical (unpaired) electrons. The Morgan fingerprint density at radius 1 is 1.13 bits per heavy atom. The molecule has 2 heterocycles. The second-order valence-corrected chi connectivity index (χ2v) is 6.95. The van der Waals surface area contributed by atoms with E-state index >= 15 is 0 Å². The van der Waals surface area contributed by atoms with Gasteiger partial charge in [-0.3, -0.25) is 9.69 Å². The van der Waals surface area contributed by atoms with E-state index in [1.165, 1.54) is 0 Å². The van der Waals surface area contributed by atoms with Crippen molar-refractivity contribution >= 4 is 30.7 Å². The Morgan fingerprint density at radius 3 is 2.17 bits per heavy atom. The van der Waals surface area contributed by atoms with Crippen LogP contribution in [-0.2, 0) is 9.53 Å². The molecule has 2 rings (SSSR count). The van der Waals surface area contributed by atoms with Crippen LogP contribution in [0.2, 0.25) is 0 Å². The third-order valence-electron chi connectivity index (χ3n) is 4.72. The maximum Gasteiger partial charge on any atom is 0.231 e. The lowest BCUT2D eigenvalue weighted by molar-refractivity contribution is -0.149. The molecule has 0 aromatic carbocycles. The fourth-order valence-corrected chi connectivity index (χ4v) is 3.59. The number of hydrogen-bond acceptors (Lipinski definition) is 4. The number of halogens is 2. The van der Waals surface area contributed by atoms with Crippen molar-refractivity contribution in [3.63, 3.8) is 0 Å². The van der Waals surface area contributed by atoms with E-state index in [2.05, 4.69) is 29.0 Å². The smallest absolute Gasteiger partial charge is 0.231 e. The van der Waals surface area contributed by atoms with E-state index in [0.717, 1.165) is 58.7 Å². The monoisotopic (exact) mass is 369 g/mol. The number of amides is 1. The Bertz CT molecular complexity index is 337. The van der Waals surface area contributed by atoms with Crippen LogP contribution < -0.4 is 5.32 Å². The van der Waals surface area contributed by atoms with E-state index in [-0.39, 0.29) is 30.2 Å². The van der Waals surface area contributed by atoms with Gasteiger partial charge in [-0.2, -0.15) is 0 Å². The maximum absolute atomic E-state index is 13.0. The first-order valence-corrected chi connectivity index (χ1v) is 8.29. The SMILES string of the molecule is COCC1(C(=O)N2CCN(CC(C)C)CC2)CCNCC1.Cl.Cl. The summed E-state index contributed by atoms with van der Waals surface area (Å²) in [6, 6.07) is 0. The van der Waals surface area contributed by atoms with E-state index in [1.54, 1.807) is 7.11 Å². The van der Waals surface area contributed by atoms with Gasteiger partial charge in [0, 0.05) is 39.8 Å². The van der Waals surface area contributed by atoms with Crippen LogP contribution in [0.4, 0.5) is 0 Å². The number of piperazine rings is 1. The van der Waals surface area contributed by atoms with Crippen molar-refractivity contribution in [3.05, 3.63) is 0 Å². The summed E-state index contributed by atoms with van der Waals surface area (Å²) >= 11 is 0. The van der Waals surface area contributed by atoms with E-state index in [1.807, 2.05) is 0 Å². The average molecular weight is 370 g/mol. The van der Waals surface area contributed by atoms with Crippen molar-refractivity contribution in [1.29, 1.82) is 0 Å². The minimum atomic E-state index is -0.291. The Morgan fingerprint density at radius 2 is 1.70 bits per heavy atom. The Balaban J connectivity index is 0.00000242. The highest BCUT2D eigenvalue weighted by molar-refractivity contribution is 5.85. The van der Waals surface area contributed by atoms with Gasteiger partial charge in [0.05, 0.1) is 12.0 Å². The molecule has 0 aromatic heterocycles. The summed E-state index contributed by atoms with van der Waals surface area (Å²) in [6.45, 7) is 11.8. The lowest BCUT2D eigenvalue weighted by Crippen LogP contribution is -2.56. The molecule has 0 unspecified atom stereocenters. The summed E-state index contributed by atoms with van der Waals surface area (Å²) in [5, 5.41) is 3.35. The Hall–Kier alpha value is -0.0700. The minimum Gasteiger partial charge on any atom is -0.384 e. The van der Waals surface area contributed by atoms with Gasteiger partial charge in [0.1, 0.15) is 0 Å². The minimum absolute atomic E-state index is 0. The van der Waals surface area contributed by atoms with Gasteiger partial charge in [0.2, 0.25) is 5.91 Å². The van der Waals surface area contributed by atoms with Crippen LogP contribution in [0.1, 0.15) is 26.7 Å². The van der Waals surface area contributed by atoms with Crippen LogP contribution in [-0.4, -0.2) is 75.2 Å². The van der Waals surface area contributed by atoms with Gasteiger partial charge < -0.3 is 15.0 Å². The first kappa shape index (κ1) is 22.9. The average Bonchev–Trinajstić information content (AvgIpc) is 2.48. The number of methoxy groups -OCH3 is 1. The van der Waals surface area contributed by atoms with Crippen molar-refractivity contribution in [2.24, 2.45) is 11.3 Å². The van der Waals surface area contributed by atoms with Crippen LogP contribution in [0.15, 0.2) is 0 Å². The zero-order valence-electron chi connectivity index (χ0n) is 14.7. The van der Waals surface area contributed by atoms with Crippen LogP contribution in [0.25, 0.3) is 0 Å². The van der Waals surface area contributed by atoms with E-state index in [0.29, 0.717) is 18.4 Å². The molecule has 0 atom stereocenters. The van der Waals surface area contributed by atoms with Crippen molar-refractivity contribution in [2.45, 2.75) is 26.7 Å². The van der Waals surface area contributed by atoms with E-state index in [4.69, 9.17) is 4.74 Å². The molecule has 0 aromatic rings. The maximum atomic E-state index is 13.0. The molecule has 0 bridgehead atoms. The third-order valence-corrected chi connectivity index (χ3v) is 4.72. The highest BCUT2D eigenvalue weighted by atomic mass is 35.5. The second-order valence-electron chi connectivity index (χ2n) is 6.95. The lowest BCUT2D eigenvalue weighted by Gasteiger charge is -2.43. The molecule has 23 heavy (non-hydrogen) atoms. The molecule has 2 fully saturated rings. The fourth-order valence-electron chi connectivity index (χ4n) is 3.59. The summed E-state index contributed by atoms with van der Waals surface area (Å²) in [7, 11) is 1.71. The Kier molecular flexibility index (Phi) is 10.7. The molecule has 0 spiro atoms. The molecule has 0 aliphatic carbocycles. The molecule has 1 N–H and O–H groups in total. The van der Waals surface area contributed by atoms with Crippen LogP contribution >= 0.6 is 24.8 Å². The van der Waals surface area contributed by atoms with Gasteiger partial charge in [-0.1, -0.05) is 13.8 Å². The molecular formula is C16H33Cl2N3O2. The fraction of sp³-hybridized carbons (Fsp3) is 0.938. The van der Waals surface area contributed by atoms with Crippen LogP contribution in [0, 0.1) is 11.3 Å². The van der Waals surface area contributed by atoms with E-state index in [9.17, 15) is 4.79 Å². The van der Waals surface area contributed by atoms with Crippen molar-refractivity contribution in [2.75, 3.05) is 59.5 Å². The molecule has 1 amide bonds. The summed E-state index contributed by atoms with van der Waals surface area (Å²) in [6.07, 6.45) is 1.79. The van der Waals surface area contributed by atoms with Crippen molar-refractivity contribution < 1.29 is 9.53 Å². The van der Waals surface area contributed by atoms with Gasteiger partial charge in [-0.05, 0) is 31.8 Å².